The molecular formula is C19H32Cl2N4O2. The molecule has 1 aliphatic rings. The summed E-state index contributed by atoms with van der Waals surface area (Å²) < 4.78 is 0. The molecule has 0 saturated carbocycles. The first kappa shape index (κ1) is 25.7. The third-order valence-electron chi connectivity index (χ3n) is 4.58. The second kappa shape index (κ2) is 11.5. The Labute approximate surface area is 174 Å². The van der Waals surface area contributed by atoms with Gasteiger partial charge in [-0.1, -0.05) is 51.1 Å². The lowest BCUT2D eigenvalue weighted by atomic mass is 9.86. The molecule has 154 valence electrons. The average molecular weight is 419 g/mol. The van der Waals surface area contributed by atoms with Crippen LogP contribution in [0.5, 0.6) is 0 Å². The molecule has 0 spiro atoms. The maximum Gasteiger partial charge on any atom is 0.240 e. The van der Waals surface area contributed by atoms with E-state index in [-0.39, 0.29) is 42.0 Å². The Bertz CT molecular complexity index is 585. The van der Waals surface area contributed by atoms with Crippen LogP contribution in [-0.2, 0) is 16.1 Å². The van der Waals surface area contributed by atoms with Gasteiger partial charge in [0.15, 0.2) is 0 Å². The second-order valence-electron chi connectivity index (χ2n) is 7.71. The van der Waals surface area contributed by atoms with Crippen LogP contribution >= 0.6 is 24.8 Å². The Morgan fingerprint density at radius 3 is 2.15 bits per heavy atom. The number of amides is 2. The standard InChI is InChI=1S/C19H30N4O2.2ClH/c1-19(2,3)17(20)18(25)23-11-9-22(10-12-23)14-16(24)21-13-15-7-5-4-6-8-15;;/h4-8,17H,9-14,20H2,1-3H3,(H,21,24);2*1H/t17-;;/m1../s1. The predicted octanol–water partition coefficient (Wildman–Crippen LogP) is 1.66. The van der Waals surface area contributed by atoms with Crippen molar-refractivity contribution in [2.75, 3.05) is 32.7 Å². The Balaban J connectivity index is 0.00000338. The molecule has 0 aromatic heterocycles. The zero-order chi connectivity index (χ0) is 18.4. The number of carbonyl (C=O) groups is 2. The molecule has 0 aliphatic carbocycles. The summed E-state index contributed by atoms with van der Waals surface area (Å²) in [5, 5.41) is 2.94. The minimum atomic E-state index is -0.492. The van der Waals surface area contributed by atoms with Crippen LogP contribution in [0.3, 0.4) is 0 Å². The average Bonchev–Trinajstić information content (AvgIpc) is 2.59. The number of carbonyl (C=O) groups excluding carboxylic acids is 2. The number of benzene rings is 1. The summed E-state index contributed by atoms with van der Waals surface area (Å²) in [5.74, 6) is 0.00991. The van der Waals surface area contributed by atoms with E-state index in [1.165, 1.54) is 0 Å². The number of nitrogens with zero attached hydrogens (tertiary/aromatic N) is 2. The zero-order valence-electron chi connectivity index (χ0n) is 16.3. The van der Waals surface area contributed by atoms with Crippen molar-refractivity contribution in [2.45, 2.75) is 33.4 Å². The molecule has 8 heteroatoms. The Morgan fingerprint density at radius 2 is 1.63 bits per heavy atom. The number of hydrogen-bond acceptors (Lipinski definition) is 4. The van der Waals surface area contributed by atoms with Gasteiger partial charge in [-0.05, 0) is 11.0 Å². The third kappa shape index (κ3) is 8.05. The SMILES string of the molecule is CC(C)(C)[C@H](N)C(=O)N1CCN(CC(=O)NCc2ccccc2)CC1.Cl.Cl. The molecule has 27 heavy (non-hydrogen) atoms. The summed E-state index contributed by atoms with van der Waals surface area (Å²) in [5.41, 5.74) is 6.91. The summed E-state index contributed by atoms with van der Waals surface area (Å²) in [4.78, 5) is 28.4. The first-order valence-corrected chi connectivity index (χ1v) is 8.85. The lowest BCUT2D eigenvalue weighted by molar-refractivity contribution is -0.136. The highest BCUT2D eigenvalue weighted by Gasteiger charge is 2.32. The number of nitrogens with two attached hydrogens (primary N) is 1. The minimum absolute atomic E-state index is 0. The van der Waals surface area contributed by atoms with E-state index >= 15 is 0 Å². The second-order valence-corrected chi connectivity index (χ2v) is 7.71. The van der Waals surface area contributed by atoms with Crippen LogP contribution in [0.1, 0.15) is 26.3 Å². The van der Waals surface area contributed by atoms with Gasteiger partial charge in [-0.3, -0.25) is 14.5 Å². The largest absolute Gasteiger partial charge is 0.351 e. The lowest BCUT2D eigenvalue weighted by Crippen LogP contribution is -2.57. The molecule has 2 rings (SSSR count). The Morgan fingerprint density at radius 1 is 1.07 bits per heavy atom. The fourth-order valence-corrected chi connectivity index (χ4v) is 2.75. The molecule has 6 nitrogen and oxygen atoms in total. The predicted molar refractivity (Wildman–Crippen MR) is 113 cm³/mol. The van der Waals surface area contributed by atoms with Crippen LogP contribution in [0.4, 0.5) is 0 Å². The van der Waals surface area contributed by atoms with Crippen molar-refractivity contribution in [3.8, 4) is 0 Å². The fraction of sp³-hybridized carbons (Fsp3) is 0.579. The van der Waals surface area contributed by atoms with Gasteiger partial charge in [-0.15, -0.1) is 24.8 Å². The van der Waals surface area contributed by atoms with Crippen molar-refractivity contribution >= 4 is 36.6 Å². The van der Waals surface area contributed by atoms with Gasteiger partial charge in [-0.2, -0.15) is 0 Å². The highest BCUT2D eigenvalue weighted by atomic mass is 35.5. The van der Waals surface area contributed by atoms with E-state index in [0.29, 0.717) is 39.3 Å². The van der Waals surface area contributed by atoms with E-state index < -0.39 is 6.04 Å². The summed E-state index contributed by atoms with van der Waals surface area (Å²) >= 11 is 0. The van der Waals surface area contributed by atoms with E-state index in [2.05, 4.69) is 10.2 Å². The van der Waals surface area contributed by atoms with Gasteiger partial charge in [-0.25, -0.2) is 0 Å². The van der Waals surface area contributed by atoms with E-state index in [1.807, 2.05) is 56.0 Å². The highest BCUT2D eigenvalue weighted by Crippen LogP contribution is 2.19. The normalized spacial score (nSPS) is 15.9. The number of nitrogens with one attached hydrogen (secondary N) is 1. The van der Waals surface area contributed by atoms with Gasteiger partial charge in [0.05, 0.1) is 12.6 Å². The van der Waals surface area contributed by atoms with E-state index in [0.717, 1.165) is 5.56 Å². The van der Waals surface area contributed by atoms with Crippen LogP contribution < -0.4 is 11.1 Å². The number of piperazine rings is 1. The molecule has 1 aromatic rings. The monoisotopic (exact) mass is 418 g/mol. The Hall–Kier alpha value is -1.34. The van der Waals surface area contributed by atoms with Crippen molar-refractivity contribution < 1.29 is 9.59 Å². The van der Waals surface area contributed by atoms with Gasteiger partial charge in [0.2, 0.25) is 11.8 Å². The first-order valence-electron chi connectivity index (χ1n) is 8.85. The maximum atomic E-state index is 12.4. The van der Waals surface area contributed by atoms with E-state index in [9.17, 15) is 9.59 Å². The van der Waals surface area contributed by atoms with Gasteiger partial charge in [0.25, 0.3) is 0 Å². The van der Waals surface area contributed by atoms with Crippen molar-refractivity contribution in [3.05, 3.63) is 35.9 Å². The molecule has 1 saturated heterocycles. The maximum absolute atomic E-state index is 12.4. The summed E-state index contributed by atoms with van der Waals surface area (Å²) in [7, 11) is 0. The number of rotatable bonds is 5. The smallest absolute Gasteiger partial charge is 0.240 e. The van der Waals surface area contributed by atoms with Crippen LogP contribution in [0.25, 0.3) is 0 Å². The summed E-state index contributed by atoms with van der Waals surface area (Å²) in [6, 6.07) is 9.36. The first-order chi connectivity index (χ1) is 11.8. The Kier molecular flexibility index (Phi) is 10.9. The van der Waals surface area contributed by atoms with Crippen LogP contribution in [0, 0.1) is 5.41 Å². The number of hydrogen-bond donors (Lipinski definition) is 2. The third-order valence-corrected chi connectivity index (χ3v) is 4.58. The van der Waals surface area contributed by atoms with Crippen LogP contribution in [0.15, 0.2) is 30.3 Å². The van der Waals surface area contributed by atoms with Crippen LogP contribution in [0.2, 0.25) is 0 Å². The molecule has 1 aliphatic heterocycles. The van der Waals surface area contributed by atoms with Gasteiger partial charge in [0, 0.05) is 32.7 Å². The molecule has 1 fully saturated rings. The van der Waals surface area contributed by atoms with Gasteiger partial charge < -0.3 is 16.0 Å². The van der Waals surface area contributed by atoms with Gasteiger partial charge >= 0.3 is 0 Å². The molecule has 0 bridgehead atoms. The van der Waals surface area contributed by atoms with E-state index in [4.69, 9.17) is 5.73 Å². The molecular weight excluding hydrogens is 387 g/mol. The zero-order valence-corrected chi connectivity index (χ0v) is 17.9. The van der Waals surface area contributed by atoms with Crippen molar-refractivity contribution in [1.82, 2.24) is 15.1 Å². The lowest BCUT2D eigenvalue weighted by Gasteiger charge is -2.37. The highest BCUT2D eigenvalue weighted by molar-refractivity contribution is 5.85. The molecule has 0 radical (unpaired) electrons. The van der Waals surface area contributed by atoms with Crippen molar-refractivity contribution in [1.29, 1.82) is 0 Å². The van der Waals surface area contributed by atoms with Crippen molar-refractivity contribution in [2.24, 2.45) is 11.1 Å². The molecule has 1 aromatic carbocycles. The summed E-state index contributed by atoms with van der Waals surface area (Å²) in [6.45, 7) is 9.46. The van der Waals surface area contributed by atoms with Crippen molar-refractivity contribution in [3.63, 3.8) is 0 Å². The topological polar surface area (TPSA) is 78.7 Å². The molecule has 1 heterocycles. The molecule has 1 atom stereocenters. The van der Waals surface area contributed by atoms with Gasteiger partial charge in [0.1, 0.15) is 0 Å². The minimum Gasteiger partial charge on any atom is -0.351 e. The quantitative estimate of drug-likeness (QED) is 0.761. The summed E-state index contributed by atoms with van der Waals surface area (Å²) in [6.07, 6.45) is 0. The molecule has 0 unspecified atom stereocenters. The van der Waals surface area contributed by atoms with E-state index in [1.54, 1.807) is 0 Å². The fourth-order valence-electron chi connectivity index (χ4n) is 2.75. The number of halogens is 2. The molecule has 3 N–H and O–H groups in total. The molecule has 2 amide bonds. The van der Waals surface area contributed by atoms with Crippen LogP contribution in [-0.4, -0.2) is 60.4 Å².